The van der Waals surface area contributed by atoms with E-state index < -0.39 is 5.41 Å². The molecular formula is C70H45NO. The summed E-state index contributed by atoms with van der Waals surface area (Å²) in [6, 6.07) is 88.7. The smallest absolute Gasteiger partial charge is 0.136 e. The predicted molar refractivity (Wildman–Crippen MR) is 300 cm³/mol. The number of anilines is 3. The highest BCUT2D eigenvalue weighted by Gasteiger charge is 2.52. The molecule has 12 aromatic carbocycles. The summed E-state index contributed by atoms with van der Waals surface area (Å²) in [4.78, 5) is 2.61. The van der Waals surface area contributed by atoms with Crippen LogP contribution in [0.3, 0.4) is 0 Å². The molecule has 0 bridgehead atoms. The highest BCUT2D eigenvalue weighted by molar-refractivity contribution is 6.36. The van der Waals surface area contributed by atoms with Crippen molar-refractivity contribution in [2.24, 2.45) is 0 Å². The Kier molecular flexibility index (Phi) is 7.92. The molecule has 1 heterocycles. The highest BCUT2D eigenvalue weighted by atomic mass is 16.3. The molecule has 0 unspecified atom stereocenters. The molecule has 3 aliphatic carbocycles. The molecule has 0 saturated carbocycles. The Morgan fingerprint density at radius 3 is 1.47 bits per heavy atom. The molecule has 0 atom stereocenters. The maximum atomic E-state index is 6.51. The van der Waals surface area contributed by atoms with E-state index in [4.69, 9.17) is 4.42 Å². The number of hydrogen-bond acceptors (Lipinski definition) is 2. The van der Waals surface area contributed by atoms with Crippen LogP contribution in [0.2, 0.25) is 0 Å². The standard InChI is InChI=1S/C70H45NO/c1-69(2)56-30-11-5-22-46(56)54-29-18-35-62(68(54)69)71(42-37-38-47-45-21-8-14-33-59(45)70(60(47)41-42)57-31-12-6-19-43(57)44-20-7-13-32-58(44)70)61-34-15-9-23-48(61)49-27-17-28-51-53-39-40-64-67(55-26-10-16-36-63(55)72-64)66(53)52-25-4-3-24-50(52)65(49)51/h3-41H,1-2H3. The molecule has 0 N–H and O–H groups in total. The molecule has 16 rings (SSSR count). The van der Waals surface area contributed by atoms with Crippen molar-refractivity contribution in [3.63, 3.8) is 0 Å². The van der Waals surface area contributed by atoms with Crippen molar-refractivity contribution in [1.29, 1.82) is 0 Å². The van der Waals surface area contributed by atoms with Crippen LogP contribution in [0, 0.1) is 0 Å². The van der Waals surface area contributed by atoms with E-state index >= 15 is 0 Å². The number of fused-ring (bicyclic) bond motifs is 23. The fraction of sp³-hybridized carbons (Fsp3) is 0.0571. The zero-order valence-corrected chi connectivity index (χ0v) is 39.9. The maximum absolute atomic E-state index is 6.51. The van der Waals surface area contributed by atoms with Gasteiger partial charge in [0.15, 0.2) is 0 Å². The molecule has 0 aliphatic heterocycles. The van der Waals surface area contributed by atoms with Crippen LogP contribution >= 0.6 is 0 Å². The molecule has 336 valence electrons. The Bertz CT molecular complexity index is 4420. The number of para-hydroxylation sites is 2. The molecule has 1 spiro atoms. The lowest BCUT2D eigenvalue weighted by Crippen LogP contribution is -2.26. The van der Waals surface area contributed by atoms with Crippen molar-refractivity contribution in [3.05, 3.63) is 270 Å². The first kappa shape index (κ1) is 39.8. The summed E-state index contributed by atoms with van der Waals surface area (Å²) < 4.78 is 6.51. The summed E-state index contributed by atoms with van der Waals surface area (Å²) in [5.74, 6) is 0. The molecule has 0 amide bonds. The predicted octanol–water partition coefficient (Wildman–Crippen LogP) is 18.8. The fourth-order valence-corrected chi connectivity index (χ4v) is 14.1. The van der Waals surface area contributed by atoms with E-state index in [2.05, 4.69) is 255 Å². The van der Waals surface area contributed by atoms with Gasteiger partial charge in [0, 0.05) is 32.8 Å². The summed E-state index contributed by atoms with van der Waals surface area (Å²) in [5, 5.41) is 9.68. The molecule has 2 nitrogen and oxygen atoms in total. The van der Waals surface area contributed by atoms with Crippen molar-refractivity contribution < 1.29 is 4.42 Å². The highest BCUT2D eigenvalue weighted by Crippen LogP contribution is 2.64. The average Bonchev–Trinajstić information content (AvgIpc) is 4.13. The Labute approximate surface area is 417 Å². The molecule has 1 aromatic heterocycles. The van der Waals surface area contributed by atoms with Crippen LogP contribution in [0.15, 0.2) is 241 Å². The van der Waals surface area contributed by atoms with E-state index in [1.54, 1.807) is 0 Å². The van der Waals surface area contributed by atoms with Crippen LogP contribution in [-0.2, 0) is 10.8 Å². The van der Waals surface area contributed by atoms with E-state index in [0.29, 0.717) is 0 Å². The summed E-state index contributed by atoms with van der Waals surface area (Å²) >= 11 is 0. The Hall–Kier alpha value is -8.98. The Morgan fingerprint density at radius 2 is 0.778 bits per heavy atom. The maximum Gasteiger partial charge on any atom is 0.136 e. The van der Waals surface area contributed by atoms with E-state index in [0.717, 1.165) is 27.9 Å². The zero-order valence-electron chi connectivity index (χ0n) is 39.9. The average molecular weight is 916 g/mol. The quantitative estimate of drug-likeness (QED) is 0.164. The summed E-state index contributed by atoms with van der Waals surface area (Å²) in [6.45, 7) is 4.82. The van der Waals surface area contributed by atoms with Gasteiger partial charge < -0.3 is 9.32 Å². The van der Waals surface area contributed by atoms with E-state index in [-0.39, 0.29) is 5.41 Å². The van der Waals surface area contributed by atoms with E-state index in [9.17, 15) is 0 Å². The fourth-order valence-electron chi connectivity index (χ4n) is 14.1. The molecule has 0 radical (unpaired) electrons. The van der Waals surface area contributed by atoms with E-state index in [1.807, 2.05) is 0 Å². The first-order valence-corrected chi connectivity index (χ1v) is 25.3. The van der Waals surface area contributed by atoms with Crippen LogP contribution in [-0.4, -0.2) is 0 Å². The third-order valence-electron chi connectivity index (χ3n) is 16.8. The minimum Gasteiger partial charge on any atom is -0.456 e. The van der Waals surface area contributed by atoms with Gasteiger partial charge >= 0.3 is 0 Å². The Balaban J connectivity index is 1.01. The van der Waals surface area contributed by atoms with Gasteiger partial charge in [0.2, 0.25) is 0 Å². The van der Waals surface area contributed by atoms with Crippen molar-refractivity contribution in [2.45, 2.75) is 24.7 Å². The van der Waals surface area contributed by atoms with Gasteiger partial charge in [-0.2, -0.15) is 0 Å². The van der Waals surface area contributed by atoms with E-state index in [1.165, 1.54) is 121 Å². The van der Waals surface area contributed by atoms with Crippen LogP contribution in [0.4, 0.5) is 17.1 Å². The summed E-state index contributed by atoms with van der Waals surface area (Å²) in [7, 11) is 0. The van der Waals surface area contributed by atoms with Crippen LogP contribution in [0.1, 0.15) is 47.2 Å². The third-order valence-corrected chi connectivity index (χ3v) is 16.8. The lowest BCUT2D eigenvalue weighted by molar-refractivity contribution is 0.661. The van der Waals surface area contributed by atoms with Crippen molar-refractivity contribution in [3.8, 4) is 44.5 Å². The first-order valence-electron chi connectivity index (χ1n) is 25.3. The molecule has 2 heteroatoms. The third kappa shape index (κ3) is 4.98. The molecule has 13 aromatic rings. The molecule has 0 saturated heterocycles. The number of nitrogens with zero attached hydrogens (tertiary/aromatic N) is 1. The second-order valence-corrected chi connectivity index (χ2v) is 20.6. The normalized spacial score (nSPS) is 14.2. The van der Waals surface area contributed by atoms with Crippen LogP contribution in [0.25, 0.3) is 98.8 Å². The first-order chi connectivity index (χ1) is 35.5. The summed E-state index contributed by atoms with van der Waals surface area (Å²) in [5.41, 5.74) is 22.7. The largest absolute Gasteiger partial charge is 0.456 e. The van der Waals surface area contributed by atoms with Gasteiger partial charge in [-0.05, 0) is 142 Å². The number of furan rings is 1. The minimum atomic E-state index is -0.490. The van der Waals surface area contributed by atoms with Gasteiger partial charge in [0.25, 0.3) is 0 Å². The van der Waals surface area contributed by atoms with Crippen molar-refractivity contribution in [1.82, 2.24) is 0 Å². The number of benzene rings is 12. The second kappa shape index (κ2) is 14.3. The number of hydrogen-bond donors (Lipinski definition) is 0. The summed E-state index contributed by atoms with van der Waals surface area (Å²) in [6.07, 6.45) is 0. The van der Waals surface area contributed by atoms with Gasteiger partial charge in [-0.1, -0.05) is 208 Å². The second-order valence-electron chi connectivity index (χ2n) is 20.6. The van der Waals surface area contributed by atoms with Gasteiger partial charge in [0.05, 0.1) is 16.8 Å². The minimum absolute atomic E-state index is 0.273. The monoisotopic (exact) mass is 915 g/mol. The molecular weight excluding hydrogens is 871 g/mol. The lowest BCUT2D eigenvalue weighted by atomic mass is 9.70. The zero-order chi connectivity index (χ0) is 47.5. The van der Waals surface area contributed by atoms with Gasteiger partial charge in [-0.25, -0.2) is 0 Å². The van der Waals surface area contributed by atoms with Gasteiger partial charge in [-0.15, -0.1) is 0 Å². The van der Waals surface area contributed by atoms with Gasteiger partial charge in [0.1, 0.15) is 11.2 Å². The van der Waals surface area contributed by atoms with Crippen molar-refractivity contribution >= 4 is 71.3 Å². The Morgan fingerprint density at radius 1 is 0.306 bits per heavy atom. The van der Waals surface area contributed by atoms with Gasteiger partial charge in [-0.3, -0.25) is 0 Å². The van der Waals surface area contributed by atoms with Crippen LogP contribution in [0.5, 0.6) is 0 Å². The molecule has 0 fully saturated rings. The number of rotatable bonds is 4. The molecule has 72 heavy (non-hydrogen) atoms. The van der Waals surface area contributed by atoms with Crippen LogP contribution < -0.4 is 4.90 Å². The molecule has 3 aliphatic rings. The SMILES string of the molecule is CC1(C)c2ccccc2-c2cccc(N(c3ccc4c(c3)C3(c5ccccc5-c5ccccc53)c3ccccc3-4)c3ccccc3-c3cccc4c5ccc6oc7ccccc7c6c5c5ccccc5c34)c21. The van der Waals surface area contributed by atoms with Crippen molar-refractivity contribution in [2.75, 3.05) is 4.90 Å². The topological polar surface area (TPSA) is 16.4 Å². The lowest BCUT2D eigenvalue weighted by Gasteiger charge is -2.35.